The van der Waals surface area contributed by atoms with E-state index in [0.717, 1.165) is 30.6 Å². The number of nitrogens with one attached hydrogen (secondary N) is 1. The minimum Gasteiger partial charge on any atom is -0.393 e. The fraction of sp³-hybridized carbons (Fsp3) is 0.840. The van der Waals surface area contributed by atoms with E-state index in [4.69, 9.17) is 0 Å². The van der Waals surface area contributed by atoms with Gasteiger partial charge in [0, 0.05) is 6.04 Å². The van der Waals surface area contributed by atoms with E-state index in [0.29, 0.717) is 22.8 Å². The molecule has 0 radical (unpaired) electrons. The number of hydrogen-bond donors (Lipinski definition) is 2. The number of aliphatic hydroxyl groups is 1. The van der Waals surface area contributed by atoms with Crippen molar-refractivity contribution in [2.45, 2.75) is 90.7 Å². The first-order valence-corrected chi connectivity index (χ1v) is 11.8. The van der Waals surface area contributed by atoms with Crippen molar-refractivity contribution < 1.29 is 5.11 Å². The normalized spacial score (nSPS) is 52.3. The Kier molecular flexibility index (Phi) is 4.41. The average Bonchev–Trinajstić information content (AvgIpc) is 3.01. The van der Waals surface area contributed by atoms with E-state index in [-0.39, 0.29) is 6.10 Å². The number of rotatable bonds is 1. The topological polar surface area (TPSA) is 32.3 Å². The summed E-state index contributed by atoms with van der Waals surface area (Å²) in [6.07, 6.45) is 16.5. The molecule has 2 heteroatoms. The van der Waals surface area contributed by atoms with Crippen LogP contribution >= 0.6 is 0 Å². The SMILES string of the molecule is C[C@H]1C=C2C[C@@H](O)CC[C@]2(C)[C@H]2CC[C@]3(C)C(C4CCCCN4)=CC[C@H]3[C@H]12. The van der Waals surface area contributed by atoms with Crippen LogP contribution in [-0.2, 0) is 0 Å². The van der Waals surface area contributed by atoms with E-state index in [1.807, 2.05) is 0 Å². The van der Waals surface area contributed by atoms with Crippen molar-refractivity contribution in [3.05, 3.63) is 23.3 Å². The zero-order chi connectivity index (χ0) is 18.8. The lowest BCUT2D eigenvalue weighted by Gasteiger charge is -2.60. The molecule has 0 spiro atoms. The Balaban J connectivity index is 1.46. The molecule has 1 heterocycles. The van der Waals surface area contributed by atoms with Gasteiger partial charge >= 0.3 is 0 Å². The molecule has 1 aliphatic heterocycles. The Morgan fingerprint density at radius 2 is 1.85 bits per heavy atom. The van der Waals surface area contributed by atoms with Crippen LogP contribution in [-0.4, -0.2) is 23.8 Å². The van der Waals surface area contributed by atoms with Crippen LogP contribution < -0.4 is 5.32 Å². The standard InChI is InChI=1S/C25H39NO/c1-16-14-17-15-18(27)9-11-24(17,2)21-10-12-25(3)19(7-8-20(25)23(16)21)22-6-4-5-13-26-22/h7,14,16,18,20-23,26-27H,4-6,8-13,15H2,1-3H3/t16-,18-,20-,21-,22?,23-,24-,25+/m0/s1. The van der Waals surface area contributed by atoms with Gasteiger partial charge in [-0.15, -0.1) is 0 Å². The van der Waals surface area contributed by atoms with Gasteiger partial charge < -0.3 is 10.4 Å². The lowest BCUT2D eigenvalue weighted by atomic mass is 9.45. The summed E-state index contributed by atoms with van der Waals surface area (Å²) in [5, 5.41) is 14.1. The first kappa shape index (κ1) is 18.4. The summed E-state index contributed by atoms with van der Waals surface area (Å²) < 4.78 is 0. The van der Waals surface area contributed by atoms with Gasteiger partial charge in [0.25, 0.3) is 0 Å². The highest BCUT2D eigenvalue weighted by atomic mass is 16.3. The summed E-state index contributed by atoms with van der Waals surface area (Å²) in [4.78, 5) is 0. The van der Waals surface area contributed by atoms with Crippen molar-refractivity contribution in [1.82, 2.24) is 5.32 Å². The molecule has 3 fully saturated rings. The quantitative estimate of drug-likeness (QED) is 0.620. The zero-order valence-corrected chi connectivity index (χ0v) is 17.6. The van der Waals surface area contributed by atoms with Crippen LogP contribution in [0.1, 0.15) is 78.6 Å². The van der Waals surface area contributed by atoms with Crippen LogP contribution in [0.2, 0.25) is 0 Å². The predicted octanol–water partition coefficient (Wildman–Crippen LogP) is 5.23. The molecule has 1 saturated heterocycles. The zero-order valence-electron chi connectivity index (χ0n) is 17.6. The van der Waals surface area contributed by atoms with Gasteiger partial charge in [-0.25, -0.2) is 0 Å². The van der Waals surface area contributed by atoms with Crippen LogP contribution in [0.5, 0.6) is 0 Å². The van der Waals surface area contributed by atoms with Gasteiger partial charge in [0.2, 0.25) is 0 Å². The second-order valence-electron chi connectivity index (χ2n) is 11.0. The molecule has 0 bridgehead atoms. The fourth-order valence-corrected chi connectivity index (χ4v) is 8.26. The minimum absolute atomic E-state index is 0.0981. The number of piperidine rings is 1. The molecule has 1 unspecified atom stereocenters. The summed E-state index contributed by atoms with van der Waals surface area (Å²) in [7, 11) is 0. The Morgan fingerprint density at radius 1 is 1.04 bits per heavy atom. The van der Waals surface area contributed by atoms with Crippen molar-refractivity contribution >= 4 is 0 Å². The van der Waals surface area contributed by atoms with Crippen LogP contribution in [0.25, 0.3) is 0 Å². The summed E-state index contributed by atoms with van der Waals surface area (Å²) in [6, 6.07) is 0.649. The van der Waals surface area contributed by atoms with Gasteiger partial charge in [-0.05, 0) is 92.4 Å². The fourth-order valence-electron chi connectivity index (χ4n) is 8.26. The maximum atomic E-state index is 10.3. The Bertz CT molecular complexity index is 659. The van der Waals surface area contributed by atoms with E-state index in [1.165, 1.54) is 51.5 Å². The maximum Gasteiger partial charge on any atom is 0.0577 e. The number of aliphatic hydroxyl groups excluding tert-OH is 1. The molecular formula is C25H39NO. The molecule has 8 atom stereocenters. The van der Waals surface area contributed by atoms with Crippen LogP contribution in [0.15, 0.2) is 23.3 Å². The van der Waals surface area contributed by atoms with Crippen LogP contribution in [0.4, 0.5) is 0 Å². The van der Waals surface area contributed by atoms with Crippen molar-refractivity contribution in [2.24, 2.45) is 34.5 Å². The molecule has 2 nitrogen and oxygen atoms in total. The smallest absolute Gasteiger partial charge is 0.0577 e. The van der Waals surface area contributed by atoms with Gasteiger partial charge in [-0.3, -0.25) is 0 Å². The van der Waals surface area contributed by atoms with E-state index in [9.17, 15) is 5.11 Å². The second-order valence-corrected chi connectivity index (χ2v) is 11.0. The summed E-state index contributed by atoms with van der Waals surface area (Å²) in [5.74, 6) is 3.14. The molecule has 2 N–H and O–H groups in total. The summed E-state index contributed by atoms with van der Waals surface area (Å²) >= 11 is 0. The molecule has 4 aliphatic carbocycles. The molecule has 150 valence electrons. The first-order valence-electron chi connectivity index (χ1n) is 11.8. The van der Waals surface area contributed by atoms with E-state index in [2.05, 4.69) is 38.2 Å². The van der Waals surface area contributed by atoms with Gasteiger partial charge in [-0.1, -0.05) is 50.5 Å². The third kappa shape index (κ3) is 2.65. The van der Waals surface area contributed by atoms with Crippen molar-refractivity contribution in [1.29, 1.82) is 0 Å². The number of allylic oxidation sites excluding steroid dienone is 2. The number of hydrogen-bond acceptors (Lipinski definition) is 2. The van der Waals surface area contributed by atoms with Crippen molar-refractivity contribution in [2.75, 3.05) is 6.54 Å². The monoisotopic (exact) mass is 369 g/mol. The molecule has 0 aromatic heterocycles. The Labute approximate surface area is 165 Å². The van der Waals surface area contributed by atoms with Gasteiger partial charge in [0.05, 0.1) is 6.10 Å². The van der Waals surface area contributed by atoms with Crippen LogP contribution in [0.3, 0.4) is 0 Å². The van der Waals surface area contributed by atoms with Gasteiger partial charge in [0.15, 0.2) is 0 Å². The molecular weight excluding hydrogens is 330 g/mol. The molecule has 0 amide bonds. The Morgan fingerprint density at radius 3 is 2.63 bits per heavy atom. The molecule has 2 saturated carbocycles. The van der Waals surface area contributed by atoms with Crippen LogP contribution in [0, 0.1) is 34.5 Å². The Hall–Kier alpha value is -0.600. The van der Waals surface area contributed by atoms with Gasteiger partial charge in [-0.2, -0.15) is 0 Å². The largest absolute Gasteiger partial charge is 0.393 e. The highest BCUT2D eigenvalue weighted by Gasteiger charge is 2.58. The van der Waals surface area contributed by atoms with Gasteiger partial charge in [0.1, 0.15) is 0 Å². The molecule has 0 aromatic rings. The summed E-state index contributed by atoms with van der Waals surface area (Å²) in [5.41, 5.74) is 4.14. The van der Waals surface area contributed by atoms with Crippen molar-refractivity contribution in [3.63, 3.8) is 0 Å². The average molecular weight is 370 g/mol. The summed E-state index contributed by atoms with van der Waals surface area (Å²) in [6.45, 7) is 8.84. The van der Waals surface area contributed by atoms with E-state index in [1.54, 1.807) is 11.1 Å². The lowest BCUT2D eigenvalue weighted by molar-refractivity contribution is -0.0495. The molecule has 5 rings (SSSR count). The van der Waals surface area contributed by atoms with E-state index >= 15 is 0 Å². The molecule has 0 aromatic carbocycles. The van der Waals surface area contributed by atoms with Crippen molar-refractivity contribution in [3.8, 4) is 0 Å². The number of fused-ring (bicyclic) bond motifs is 5. The molecule has 27 heavy (non-hydrogen) atoms. The van der Waals surface area contributed by atoms with E-state index < -0.39 is 0 Å². The first-order chi connectivity index (χ1) is 12.9. The third-order valence-electron chi connectivity index (χ3n) is 9.73. The predicted molar refractivity (Wildman–Crippen MR) is 111 cm³/mol. The minimum atomic E-state index is -0.0981. The second kappa shape index (κ2) is 6.46. The highest BCUT2D eigenvalue weighted by Crippen LogP contribution is 2.66. The maximum absolute atomic E-state index is 10.3. The highest BCUT2D eigenvalue weighted by molar-refractivity contribution is 5.33. The molecule has 5 aliphatic rings. The lowest BCUT2D eigenvalue weighted by Crippen LogP contribution is -2.53. The third-order valence-corrected chi connectivity index (χ3v) is 9.73.